The van der Waals surface area contributed by atoms with Crippen molar-refractivity contribution >= 4 is 0 Å². The Labute approximate surface area is 99.3 Å². The van der Waals surface area contributed by atoms with Crippen molar-refractivity contribution in [1.29, 1.82) is 0 Å². The van der Waals surface area contributed by atoms with Gasteiger partial charge in [0.05, 0.1) is 0 Å². The van der Waals surface area contributed by atoms with Crippen molar-refractivity contribution in [3.05, 3.63) is 47.9 Å². The first kappa shape index (κ1) is 10.5. The molecule has 0 radical (unpaired) electrons. The van der Waals surface area contributed by atoms with Gasteiger partial charge < -0.3 is 9.52 Å². The van der Waals surface area contributed by atoms with Crippen molar-refractivity contribution in [2.45, 2.75) is 25.4 Å². The van der Waals surface area contributed by atoms with Crippen LogP contribution in [0.4, 0.5) is 0 Å². The predicted octanol–water partition coefficient (Wildman–Crippen LogP) is 2.27. The van der Waals surface area contributed by atoms with Gasteiger partial charge in [-0.1, -0.05) is 6.92 Å². The molecule has 1 N–H and O–H groups in total. The van der Waals surface area contributed by atoms with E-state index < -0.39 is 6.10 Å². The Bertz CT molecular complexity index is 509. The number of nitrogens with zero attached hydrogens (tertiary/aromatic N) is 2. The number of rotatable bonds is 3. The van der Waals surface area contributed by atoms with Gasteiger partial charge in [0.25, 0.3) is 0 Å². The van der Waals surface area contributed by atoms with Crippen molar-refractivity contribution in [3.8, 4) is 0 Å². The molecular formula is C13H14N2O2. The quantitative estimate of drug-likeness (QED) is 0.878. The maximum atomic E-state index is 10.1. The highest BCUT2D eigenvalue weighted by atomic mass is 16.4. The molecule has 2 aromatic rings. The summed E-state index contributed by atoms with van der Waals surface area (Å²) < 4.78 is 5.69. The number of aliphatic hydroxyl groups excluding tert-OH is 1. The summed E-state index contributed by atoms with van der Waals surface area (Å²) >= 11 is 0. The van der Waals surface area contributed by atoms with Crippen LogP contribution in [0.3, 0.4) is 0 Å². The minimum atomic E-state index is -0.779. The van der Waals surface area contributed by atoms with Crippen LogP contribution >= 0.6 is 0 Å². The van der Waals surface area contributed by atoms with E-state index in [1.807, 2.05) is 12.1 Å². The average molecular weight is 230 g/mol. The van der Waals surface area contributed by atoms with Gasteiger partial charge in [-0.05, 0) is 24.5 Å². The van der Waals surface area contributed by atoms with Crippen LogP contribution in [0, 0.1) is 5.92 Å². The van der Waals surface area contributed by atoms with Crippen LogP contribution in [0.25, 0.3) is 0 Å². The zero-order valence-electron chi connectivity index (χ0n) is 9.58. The molecule has 17 heavy (non-hydrogen) atoms. The van der Waals surface area contributed by atoms with Gasteiger partial charge in [-0.2, -0.15) is 0 Å². The van der Waals surface area contributed by atoms with Gasteiger partial charge in [0.1, 0.15) is 24.0 Å². The van der Waals surface area contributed by atoms with E-state index in [1.54, 1.807) is 12.4 Å². The van der Waals surface area contributed by atoms with Gasteiger partial charge in [0, 0.05) is 23.9 Å². The van der Waals surface area contributed by atoms with Crippen molar-refractivity contribution < 1.29 is 9.52 Å². The van der Waals surface area contributed by atoms with Crippen LogP contribution in [-0.4, -0.2) is 15.1 Å². The molecule has 3 unspecified atom stereocenters. The molecule has 2 aromatic heterocycles. The first-order chi connectivity index (χ1) is 8.25. The summed E-state index contributed by atoms with van der Waals surface area (Å²) in [5.41, 5.74) is 0.650. The second kappa shape index (κ2) is 3.96. The smallest absolute Gasteiger partial charge is 0.140 e. The van der Waals surface area contributed by atoms with Crippen molar-refractivity contribution in [3.63, 3.8) is 0 Å². The van der Waals surface area contributed by atoms with E-state index in [9.17, 15) is 5.11 Å². The summed E-state index contributed by atoms with van der Waals surface area (Å²) in [6, 6.07) is 3.79. The second-order valence-corrected chi connectivity index (χ2v) is 4.63. The van der Waals surface area contributed by atoms with Crippen LogP contribution in [0.15, 0.2) is 35.3 Å². The fourth-order valence-corrected chi connectivity index (χ4v) is 2.05. The average Bonchev–Trinajstić information content (AvgIpc) is 2.92. The molecule has 4 nitrogen and oxygen atoms in total. The predicted molar refractivity (Wildman–Crippen MR) is 61.3 cm³/mol. The first-order valence-corrected chi connectivity index (χ1v) is 5.78. The molecule has 0 bridgehead atoms. The lowest BCUT2D eigenvalue weighted by molar-refractivity contribution is 0.186. The molecule has 3 atom stereocenters. The fourth-order valence-electron chi connectivity index (χ4n) is 2.05. The Balaban J connectivity index is 1.82. The summed E-state index contributed by atoms with van der Waals surface area (Å²) in [5, 5.41) is 10.1. The van der Waals surface area contributed by atoms with E-state index >= 15 is 0 Å². The zero-order valence-corrected chi connectivity index (χ0v) is 9.58. The summed E-state index contributed by atoms with van der Waals surface area (Å²) in [6.45, 7) is 2.20. The summed E-state index contributed by atoms with van der Waals surface area (Å²) in [5.74, 6) is 2.77. The van der Waals surface area contributed by atoms with Gasteiger partial charge in [-0.3, -0.25) is 0 Å². The second-order valence-electron chi connectivity index (χ2n) is 4.63. The Kier molecular flexibility index (Phi) is 2.44. The molecule has 1 fully saturated rings. The molecule has 4 heteroatoms. The third-order valence-corrected chi connectivity index (χ3v) is 3.29. The highest BCUT2D eigenvalue weighted by molar-refractivity contribution is 5.23. The van der Waals surface area contributed by atoms with Crippen LogP contribution in [-0.2, 0) is 0 Å². The number of hydrogen-bond donors (Lipinski definition) is 1. The van der Waals surface area contributed by atoms with E-state index in [0.29, 0.717) is 23.2 Å². The van der Waals surface area contributed by atoms with E-state index in [2.05, 4.69) is 16.9 Å². The van der Waals surface area contributed by atoms with Crippen LogP contribution in [0.1, 0.15) is 42.5 Å². The van der Waals surface area contributed by atoms with Gasteiger partial charge in [-0.15, -0.1) is 0 Å². The van der Waals surface area contributed by atoms with Crippen molar-refractivity contribution in [1.82, 2.24) is 9.97 Å². The normalized spacial score (nSPS) is 24.6. The Hall–Kier alpha value is -1.68. The summed E-state index contributed by atoms with van der Waals surface area (Å²) in [6.07, 6.45) is 5.03. The highest BCUT2D eigenvalue weighted by Gasteiger charge is 2.37. The maximum Gasteiger partial charge on any atom is 0.140 e. The topological polar surface area (TPSA) is 59.2 Å². The lowest BCUT2D eigenvalue weighted by Crippen LogP contribution is -1.99. The van der Waals surface area contributed by atoms with Crippen LogP contribution in [0.2, 0.25) is 0 Å². The number of hydrogen-bond acceptors (Lipinski definition) is 4. The van der Waals surface area contributed by atoms with Gasteiger partial charge in [0.15, 0.2) is 0 Å². The highest BCUT2D eigenvalue weighted by Crippen LogP contribution is 2.47. The third-order valence-electron chi connectivity index (χ3n) is 3.29. The SMILES string of the molecule is CC1CC1c1ccc(C(O)c2cncnc2)o1. The number of furan rings is 1. The molecule has 3 rings (SSSR count). The number of aromatic nitrogens is 2. The molecule has 2 heterocycles. The van der Waals surface area contributed by atoms with Crippen molar-refractivity contribution in [2.24, 2.45) is 5.92 Å². The Morgan fingerprint density at radius 3 is 2.71 bits per heavy atom. The van der Waals surface area contributed by atoms with E-state index in [4.69, 9.17) is 4.42 Å². The minimum absolute atomic E-state index is 0.531. The maximum absolute atomic E-state index is 10.1. The van der Waals surface area contributed by atoms with E-state index in [1.165, 1.54) is 12.7 Å². The Morgan fingerprint density at radius 1 is 1.35 bits per heavy atom. The van der Waals surface area contributed by atoms with Gasteiger partial charge in [-0.25, -0.2) is 9.97 Å². The first-order valence-electron chi connectivity index (χ1n) is 5.78. The fraction of sp³-hybridized carbons (Fsp3) is 0.385. The molecular weight excluding hydrogens is 216 g/mol. The molecule has 1 aliphatic carbocycles. The lowest BCUT2D eigenvalue weighted by Gasteiger charge is -2.06. The molecule has 1 saturated carbocycles. The van der Waals surface area contributed by atoms with E-state index in [-0.39, 0.29) is 0 Å². The molecule has 0 aromatic carbocycles. The standard InChI is InChI=1S/C13H14N2O2/c1-8-4-10(8)11-2-3-12(17-11)13(16)9-5-14-7-15-6-9/h2-3,5-8,10,13,16H,4H2,1H3. The van der Waals surface area contributed by atoms with Gasteiger partial charge >= 0.3 is 0 Å². The van der Waals surface area contributed by atoms with Crippen LogP contribution in [0.5, 0.6) is 0 Å². The molecule has 0 spiro atoms. The number of aliphatic hydroxyl groups is 1. The molecule has 1 aliphatic rings. The molecule has 0 saturated heterocycles. The van der Waals surface area contributed by atoms with E-state index in [0.717, 1.165) is 5.76 Å². The molecule has 0 amide bonds. The third kappa shape index (κ3) is 1.96. The summed E-state index contributed by atoms with van der Waals surface area (Å²) in [4.78, 5) is 7.77. The van der Waals surface area contributed by atoms with Gasteiger partial charge in [0.2, 0.25) is 0 Å². The monoisotopic (exact) mass is 230 g/mol. The largest absolute Gasteiger partial charge is 0.463 e. The molecule has 0 aliphatic heterocycles. The Morgan fingerprint density at radius 2 is 2.06 bits per heavy atom. The molecule has 88 valence electrons. The summed E-state index contributed by atoms with van der Waals surface area (Å²) in [7, 11) is 0. The lowest BCUT2D eigenvalue weighted by atomic mass is 10.1. The minimum Gasteiger partial charge on any atom is -0.463 e. The zero-order chi connectivity index (χ0) is 11.8. The van der Waals surface area contributed by atoms with Crippen LogP contribution < -0.4 is 0 Å². The van der Waals surface area contributed by atoms with Crippen molar-refractivity contribution in [2.75, 3.05) is 0 Å².